The molecule has 0 heterocycles. The largest absolute Gasteiger partial charge is 0.450 e. The van der Waals surface area contributed by atoms with Crippen molar-refractivity contribution in [2.75, 3.05) is 13.7 Å². The van der Waals surface area contributed by atoms with Crippen molar-refractivity contribution in [2.24, 2.45) is 11.3 Å². The Morgan fingerprint density at radius 1 is 1.24 bits per heavy atom. The monoisotopic (exact) mass is 243 g/mol. The zero-order chi connectivity index (χ0) is 13.9. The van der Waals surface area contributed by atoms with Gasteiger partial charge < -0.3 is 9.64 Å². The van der Waals surface area contributed by atoms with Gasteiger partial charge in [-0.15, -0.1) is 0 Å². The van der Waals surface area contributed by atoms with Crippen LogP contribution in [0.4, 0.5) is 4.79 Å². The van der Waals surface area contributed by atoms with Crippen molar-refractivity contribution in [1.29, 1.82) is 0 Å². The van der Waals surface area contributed by atoms with E-state index in [-0.39, 0.29) is 17.0 Å². The summed E-state index contributed by atoms with van der Waals surface area (Å²) < 4.78 is 5.05. The van der Waals surface area contributed by atoms with E-state index in [1.165, 1.54) is 0 Å². The zero-order valence-corrected chi connectivity index (χ0v) is 12.8. The van der Waals surface area contributed by atoms with E-state index in [1.54, 1.807) is 4.90 Å². The molecule has 0 aromatic carbocycles. The van der Waals surface area contributed by atoms with Gasteiger partial charge in [-0.2, -0.15) is 0 Å². The standard InChI is InChI=1S/C14H29NO2/c1-9-17-12(16)15(8)14(6,7)10-13(4,5)11(2)3/h11H,9-10H2,1-8H3. The lowest BCUT2D eigenvalue weighted by molar-refractivity contribution is 0.0502. The van der Waals surface area contributed by atoms with E-state index in [4.69, 9.17) is 4.74 Å². The summed E-state index contributed by atoms with van der Waals surface area (Å²) in [6, 6.07) is 0. The number of carbonyl (C=O) groups excluding carboxylic acids is 1. The molecule has 0 aliphatic heterocycles. The number of hydrogen-bond acceptors (Lipinski definition) is 2. The van der Waals surface area contributed by atoms with Crippen LogP contribution in [0.1, 0.15) is 54.9 Å². The van der Waals surface area contributed by atoms with Crippen LogP contribution in [0, 0.1) is 11.3 Å². The third kappa shape index (κ3) is 4.57. The minimum atomic E-state index is -0.239. The number of nitrogens with zero attached hydrogens (tertiary/aromatic N) is 1. The summed E-state index contributed by atoms with van der Waals surface area (Å²) in [5, 5.41) is 0. The van der Waals surface area contributed by atoms with Gasteiger partial charge in [0.05, 0.1) is 6.61 Å². The Morgan fingerprint density at radius 2 is 1.71 bits per heavy atom. The fourth-order valence-electron chi connectivity index (χ4n) is 1.91. The highest BCUT2D eigenvalue weighted by Crippen LogP contribution is 2.37. The smallest absolute Gasteiger partial charge is 0.409 e. The van der Waals surface area contributed by atoms with Crippen molar-refractivity contribution in [3.63, 3.8) is 0 Å². The van der Waals surface area contributed by atoms with Gasteiger partial charge in [0.2, 0.25) is 0 Å². The highest BCUT2D eigenvalue weighted by molar-refractivity contribution is 5.68. The van der Waals surface area contributed by atoms with Gasteiger partial charge in [0, 0.05) is 12.6 Å². The van der Waals surface area contributed by atoms with E-state index in [0.717, 1.165) is 6.42 Å². The first-order valence-electron chi connectivity index (χ1n) is 6.45. The van der Waals surface area contributed by atoms with Crippen molar-refractivity contribution >= 4 is 6.09 Å². The van der Waals surface area contributed by atoms with E-state index in [1.807, 2.05) is 14.0 Å². The van der Waals surface area contributed by atoms with E-state index >= 15 is 0 Å². The fraction of sp³-hybridized carbons (Fsp3) is 0.929. The van der Waals surface area contributed by atoms with Crippen molar-refractivity contribution in [3.05, 3.63) is 0 Å². The molecule has 0 aliphatic rings. The molecule has 0 rings (SSSR count). The first-order valence-corrected chi connectivity index (χ1v) is 6.45. The molecule has 3 nitrogen and oxygen atoms in total. The molecule has 0 saturated carbocycles. The summed E-state index contributed by atoms with van der Waals surface area (Å²) in [6.07, 6.45) is 0.713. The molecule has 0 radical (unpaired) electrons. The second-order valence-corrected chi connectivity index (χ2v) is 6.39. The molecule has 0 atom stereocenters. The minimum absolute atomic E-state index is 0.194. The molecular weight excluding hydrogens is 214 g/mol. The predicted molar refractivity (Wildman–Crippen MR) is 72.1 cm³/mol. The summed E-state index contributed by atoms with van der Waals surface area (Å²) in [5.74, 6) is 0.581. The van der Waals surface area contributed by atoms with Crippen molar-refractivity contribution in [3.8, 4) is 0 Å². The van der Waals surface area contributed by atoms with Gasteiger partial charge in [0.25, 0.3) is 0 Å². The number of amides is 1. The molecule has 0 aromatic heterocycles. The van der Waals surface area contributed by atoms with Gasteiger partial charge in [-0.25, -0.2) is 4.79 Å². The lowest BCUT2D eigenvalue weighted by Gasteiger charge is -2.42. The summed E-state index contributed by atoms with van der Waals surface area (Å²) in [5.41, 5.74) is 0.00424. The molecule has 0 unspecified atom stereocenters. The van der Waals surface area contributed by atoms with Crippen LogP contribution < -0.4 is 0 Å². The van der Waals surface area contributed by atoms with Gasteiger partial charge in [-0.05, 0) is 38.5 Å². The van der Waals surface area contributed by atoms with Crippen LogP contribution in [0.15, 0.2) is 0 Å². The highest BCUT2D eigenvalue weighted by atomic mass is 16.6. The van der Waals surface area contributed by atoms with E-state index in [0.29, 0.717) is 12.5 Å². The number of rotatable bonds is 5. The molecule has 0 bridgehead atoms. The molecular formula is C14H29NO2. The highest BCUT2D eigenvalue weighted by Gasteiger charge is 2.36. The lowest BCUT2D eigenvalue weighted by atomic mass is 9.72. The number of ether oxygens (including phenoxy) is 1. The first-order chi connectivity index (χ1) is 7.54. The number of hydrogen-bond donors (Lipinski definition) is 0. The number of carbonyl (C=O) groups is 1. The maximum Gasteiger partial charge on any atom is 0.409 e. The quantitative estimate of drug-likeness (QED) is 0.732. The van der Waals surface area contributed by atoms with Gasteiger partial charge in [0.15, 0.2) is 0 Å². The predicted octanol–water partition coefficient (Wildman–Crippen LogP) is 3.93. The Balaban J connectivity index is 4.72. The molecule has 0 fully saturated rings. The average Bonchev–Trinajstić information content (AvgIpc) is 2.15. The molecule has 1 amide bonds. The summed E-state index contributed by atoms with van der Waals surface area (Å²) in [6.45, 7) is 15.4. The zero-order valence-electron chi connectivity index (χ0n) is 12.8. The molecule has 17 heavy (non-hydrogen) atoms. The van der Waals surface area contributed by atoms with Crippen molar-refractivity contribution in [2.45, 2.75) is 60.4 Å². The molecule has 0 aromatic rings. The fourth-order valence-corrected chi connectivity index (χ4v) is 1.91. The average molecular weight is 243 g/mol. The molecule has 0 spiro atoms. The van der Waals surface area contributed by atoms with Crippen LogP contribution >= 0.6 is 0 Å². The summed E-state index contributed by atoms with van der Waals surface area (Å²) >= 11 is 0. The molecule has 102 valence electrons. The van der Waals surface area contributed by atoms with E-state index in [2.05, 4.69) is 41.5 Å². The van der Waals surface area contributed by atoms with Gasteiger partial charge >= 0.3 is 6.09 Å². The van der Waals surface area contributed by atoms with Gasteiger partial charge in [-0.1, -0.05) is 27.7 Å². The SMILES string of the molecule is CCOC(=O)N(C)C(C)(C)CC(C)(C)C(C)C. The molecule has 0 N–H and O–H groups in total. The normalized spacial score (nSPS) is 12.8. The third-order valence-electron chi connectivity index (χ3n) is 3.90. The molecule has 0 aliphatic carbocycles. The van der Waals surface area contributed by atoms with Crippen LogP contribution in [-0.2, 0) is 4.74 Å². The maximum atomic E-state index is 11.7. The van der Waals surface area contributed by atoms with Crippen molar-refractivity contribution in [1.82, 2.24) is 4.90 Å². The Morgan fingerprint density at radius 3 is 2.06 bits per heavy atom. The van der Waals surface area contributed by atoms with E-state index in [9.17, 15) is 4.79 Å². The summed E-state index contributed by atoms with van der Waals surface area (Å²) in [7, 11) is 1.81. The Kier molecular flexibility index (Phi) is 5.50. The molecule has 3 heteroatoms. The van der Waals surface area contributed by atoms with Gasteiger partial charge in [0.1, 0.15) is 0 Å². The third-order valence-corrected chi connectivity index (χ3v) is 3.90. The Hall–Kier alpha value is -0.730. The maximum absolute atomic E-state index is 11.7. The van der Waals surface area contributed by atoms with Crippen LogP contribution in [0.3, 0.4) is 0 Å². The Bertz CT molecular complexity index is 257. The van der Waals surface area contributed by atoms with Crippen molar-refractivity contribution < 1.29 is 9.53 Å². The topological polar surface area (TPSA) is 29.5 Å². The second-order valence-electron chi connectivity index (χ2n) is 6.39. The minimum Gasteiger partial charge on any atom is -0.450 e. The first kappa shape index (κ1) is 16.3. The van der Waals surface area contributed by atoms with Crippen LogP contribution in [0.25, 0.3) is 0 Å². The molecule has 0 saturated heterocycles. The van der Waals surface area contributed by atoms with Crippen LogP contribution in [0.5, 0.6) is 0 Å². The van der Waals surface area contributed by atoms with E-state index < -0.39 is 0 Å². The van der Waals surface area contributed by atoms with Crippen LogP contribution in [0.2, 0.25) is 0 Å². The Labute approximate surface area is 107 Å². The lowest BCUT2D eigenvalue weighted by Crippen LogP contribution is -2.48. The second kappa shape index (κ2) is 5.74. The van der Waals surface area contributed by atoms with Gasteiger partial charge in [-0.3, -0.25) is 0 Å². The van der Waals surface area contributed by atoms with Crippen LogP contribution in [-0.4, -0.2) is 30.2 Å². The summed E-state index contributed by atoms with van der Waals surface area (Å²) in [4.78, 5) is 13.5.